The fourth-order valence-corrected chi connectivity index (χ4v) is 5.44. The molecule has 0 unspecified atom stereocenters. The molecule has 0 saturated carbocycles. The second-order valence-electron chi connectivity index (χ2n) is 8.77. The summed E-state index contributed by atoms with van der Waals surface area (Å²) in [6.07, 6.45) is -0.320. The third-order valence-electron chi connectivity index (χ3n) is 6.22. The fraction of sp³-hybridized carbons (Fsp3) is 0.148. The van der Waals surface area contributed by atoms with Crippen LogP contribution in [-0.2, 0) is 6.54 Å². The zero-order valence-corrected chi connectivity index (χ0v) is 22.1. The van der Waals surface area contributed by atoms with E-state index < -0.39 is 23.0 Å². The van der Waals surface area contributed by atoms with Gasteiger partial charge >= 0.3 is 6.18 Å². The molecule has 0 fully saturated rings. The molecule has 0 spiro atoms. The van der Waals surface area contributed by atoms with Crippen LogP contribution in [0.2, 0.25) is 0 Å². The van der Waals surface area contributed by atoms with Gasteiger partial charge in [0.15, 0.2) is 5.65 Å². The number of nitrogen functional groups attached to an aromatic ring is 1. The molecule has 5 rings (SSSR count). The van der Waals surface area contributed by atoms with E-state index in [1.165, 1.54) is 47.5 Å². The lowest BCUT2D eigenvalue weighted by Gasteiger charge is -2.20. The van der Waals surface area contributed by atoms with Gasteiger partial charge in [0, 0.05) is 5.56 Å². The minimum atomic E-state index is -4.76. The van der Waals surface area contributed by atoms with Crippen molar-refractivity contribution >= 4 is 44.1 Å². The number of phenolic OH excluding ortho intramolecular Hbond substituents is 1. The zero-order valence-electron chi connectivity index (χ0n) is 21.3. The average Bonchev–Trinajstić information content (AvgIpc) is 3.45. The van der Waals surface area contributed by atoms with Crippen molar-refractivity contribution in [2.75, 3.05) is 5.73 Å². The Balaban J connectivity index is 1.81. The normalized spacial score (nSPS) is 12.9. The molecule has 1 aromatic carbocycles. The summed E-state index contributed by atoms with van der Waals surface area (Å²) < 4.78 is 44.7. The number of nitrogens with zero attached hydrogens (tertiary/aromatic N) is 6. The number of aromatic hydroxyl groups is 1. The molecule has 13 heteroatoms. The Morgan fingerprint density at radius 1 is 1.25 bits per heavy atom. The largest absolute Gasteiger partial charge is 0.508 e. The molecule has 4 aromatic heterocycles. The highest BCUT2D eigenvalue weighted by molar-refractivity contribution is 7.16. The summed E-state index contributed by atoms with van der Waals surface area (Å²) in [5.74, 6) is 0.0970. The summed E-state index contributed by atoms with van der Waals surface area (Å²) in [7, 11) is 0. The molecular weight excluding hydrogens is 543 g/mol. The molecule has 9 nitrogen and oxygen atoms in total. The summed E-state index contributed by atoms with van der Waals surface area (Å²) >= 11 is 1.21. The molecule has 4 heterocycles. The van der Waals surface area contributed by atoms with Crippen LogP contribution in [0.4, 0.5) is 19.0 Å². The Labute approximate surface area is 229 Å². The van der Waals surface area contributed by atoms with Gasteiger partial charge in [-0.1, -0.05) is 30.9 Å². The first kappa shape index (κ1) is 26.8. The van der Waals surface area contributed by atoms with E-state index in [1.54, 1.807) is 24.4 Å². The number of allylic oxidation sites excluding steroid dienone is 5. The number of alkyl halides is 3. The maximum absolute atomic E-state index is 14.1. The maximum atomic E-state index is 14.1. The Kier molecular flexibility index (Phi) is 6.75. The van der Waals surface area contributed by atoms with Crippen LogP contribution >= 0.6 is 11.3 Å². The predicted molar refractivity (Wildman–Crippen MR) is 149 cm³/mol. The first-order valence-electron chi connectivity index (χ1n) is 11.9. The van der Waals surface area contributed by atoms with Crippen molar-refractivity contribution in [2.24, 2.45) is 0 Å². The standard InChI is InChI=1S/C27H22F3N7O2S/c1-4-7-18(17(5-2)27(28,29)30)37-19(34-25-20(26(37)39)14(3)12-40-25)11-36-24-21(23(31)32-13-33-24)22(35-36)15-8-6-9-16(38)10-15/h4-10,12-13,38H,1,11H2,2-3H3,(H2,31,32,33)/b17-5+,18-7+. The lowest BCUT2D eigenvalue weighted by Crippen LogP contribution is -2.29. The molecule has 0 atom stereocenters. The zero-order chi connectivity index (χ0) is 28.8. The number of hydrogen-bond acceptors (Lipinski definition) is 8. The van der Waals surface area contributed by atoms with Crippen molar-refractivity contribution in [3.8, 4) is 17.0 Å². The highest BCUT2D eigenvalue weighted by Gasteiger charge is 2.37. The van der Waals surface area contributed by atoms with E-state index >= 15 is 0 Å². The molecular formula is C27H22F3N7O2S. The second kappa shape index (κ2) is 10.1. The number of aryl methyl sites for hydroxylation is 1. The first-order valence-corrected chi connectivity index (χ1v) is 12.8. The average molecular weight is 566 g/mol. The second-order valence-corrected chi connectivity index (χ2v) is 9.63. The summed E-state index contributed by atoms with van der Waals surface area (Å²) in [6.45, 7) is 6.26. The van der Waals surface area contributed by atoms with Gasteiger partial charge in [-0.05, 0) is 43.0 Å². The van der Waals surface area contributed by atoms with Gasteiger partial charge in [-0.25, -0.2) is 19.6 Å². The number of hydrogen-bond donors (Lipinski definition) is 2. The summed E-state index contributed by atoms with van der Waals surface area (Å²) in [4.78, 5) is 27.2. The summed E-state index contributed by atoms with van der Waals surface area (Å²) in [6, 6.07) is 6.32. The van der Waals surface area contributed by atoms with Gasteiger partial charge in [0.1, 0.15) is 40.8 Å². The highest BCUT2D eigenvalue weighted by Crippen LogP contribution is 2.35. The minimum absolute atomic E-state index is 0.00474. The number of thiophene rings is 1. The number of aromatic nitrogens is 6. The van der Waals surface area contributed by atoms with Gasteiger partial charge < -0.3 is 10.8 Å². The van der Waals surface area contributed by atoms with Crippen LogP contribution in [0.1, 0.15) is 18.3 Å². The molecule has 0 saturated heterocycles. The van der Waals surface area contributed by atoms with Crippen molar-refractivity contribution in [3.63, 3.8) is 0 Å². The van der Waals surface area contributed by atoms with Crippen molar-refractivity contribution < 1.29 is 18.3 Å². The quantitative estimate of drug-likeness (QED) is 0.263. The van der Waals surface area contributed by atoms with Crippen molar-refractivity contribution in [1.82, 2.24) is 29.3 Å². The molecule has 0 aliphatic rings. The number of fused-ring (bicyclic) bond motifs is 2. The molecule has 40 heavy (non-hydrogen) atoms. The van der Waals surface area contributed by atoms with Crippen molar-refractivity contribution in [1.29, 1.82) is 0 Å². The van der Waals surface area contributed by atoms with E-state index in [1.807, 2.05) is 0 Å². The maximum Gasteiger partial charge on any atom is 0.418 e. The van der Waals surface area contributed by atoms with Crippen LogP contribution < -0.4 is 11.3 Å². The van der Waals surface area contributed by atoms with E-state index in [0.29, 0.717) is 27.0 Å². The summed E-state index contributed by atoms with van der Waals surface area (Å²) in [5.41, 5.74) is 5.79. The molecule has 3 N–H and O–H groups in total. The van der Waals surface area contributed by atoms with E-state index in [2.05, 4.69) is 26.6 Å². The number of phenols is 1. The van der Waals surface area contributed by atoms with E-state index in [9.17, 15) is 23.1 Å². The Bertz CT molecular complexity index is 1920. The smallest absolute Gasteiger partial charge is 0.418 e. The van der Waals surface area contributed by atoms with Crippen LogP contribution in [0.3, 0.4) is 0 Å². The number of rotatable bonds is 6. The molecule has 0 aliphatic heterocycles. The molecule has 204 valence electrons. The molecule has 0 radical (unpaired) electrons. The van der Waals surface area contributed by atoms with E-state index in [-0.39, 0.29) is 35.0 Å². The topological polar surface area (TPSA) is 125 Å². The SMILES string of the molecule is C=C/C=C(\C(=C/C)C(F)(F)F)n1c(Cn2nc(-c3cccc(O)c3)c3c(N)ncnc32)nc2scc(C)c2c1=O. The number of anilines is 1. The van der Waals surface area contributed by atoms with Gasteiger partial charge in [-0.3, -0.25) is 9.36 Å². The predicted octanol–water partition coefficient (Wildman–Crippen LogP) is 5.44. The lowest BCUT2D eigenvalue weighted by atomic mass is 10.1. The third-order valence-corrected chi connectivity index (χ3v) is 7.21. The van der Waals surface area contributed by atoms with Crippen molar-refractivity contribution in [3.05, 3.63) is 88.1 Å². The number of benzene rings is 1. The highest BCUT2D eigenvalue weighted by atomic mass is 32.1. The molecule has 0 aliphatic carbocycles. The van der Waals surface area contributed by atoms with Crippen LogP contribution in [-0.4, -0.2) is 40.6 Å². The van der Waals surface area contributed by atoms with E-state index in [0.717, 1.165) is 16.7 Å². The number of nitrogens with two attached hydrogens (primary N) is 1. The van der Waals surface area contributed by atoms with Crippen molar-refractivity contribution in [2.45, 2.75) is 26.6 Å². The molecule has 0 amide bonds. The third kappa shape index (κ3) is 4.53. The van der Waals surface area contributed by atoms with Gasteiger partial charge in [0.2, 0.25) is 0 Å². The van der Waals surface area contributed by atoms with Crippen LogP contribution in [0.15, 0.2) is 71.1 Å². The van der Waals surface area contributed by atoms with Gasteiger partial charge in [-0.2, -0.15) is 18.3 Å². The van der Waals surface area contributed by atoms with E-state index in [4.69, 9.17) is 5.73 Å². The van der Waals surface area contributed by atoms with Crippen LogP contribution in [0.5, 0.6) is 5.75 Å². The Hall–Kier alpha value is -4.78. The molecule has 0 bridgehead atoms. The molecule has 5 aromatic rings. The first-order chi connectivity index (χ1) is 19.0. The number of halogens is 3. The minimum Gasteiger partial charge on any atom is -0.508 e. The van der Waals surface area contributed by atoms with Crippen LogP contribution in [0, 0.1) is 6.92 Å². The summed E-state index contributed by atoms with van der Waals surface area (Å²) in [5, 5.41) is 17.0. The lowest BCUT2D eigenvalue weighted by molar-refractivity contribution is -0.0876. The van der Waals surface area contributed by atoms with Gasteiger partial charge in [-0.15, -0.1) is 11.3 Å². The van der Waals surface area contributed by atoms with Gasteiger partial charge in [0.25, 0.3) is 5.56 Å². The van der Waals surface area contributed by atoms with Gasteiger partial charge in [0.05, 0.1) is 22.0 Å². The monoisotopic (exact) mass is 565 g/mol. The fourth-order valence-electron chi connectivity index (χ4n) is 4.51. The Morgan fingerprint density at radius 3 is 2.70 bits per heavy atom. The van der Waals surface area contributed by atoms with Crippen LogP contribution in [0.25, 0.3) is 38.2 Å². The Morgan fingerprint density at radius 2 is 2.02 bits per heavy atom.